The molecular formula is C11H18N2O. The molecule has 0 aliphatic carbocycles. The summed E-state index contributed by atoms with van der Waals surface area (Å²) in [5.74, 6) is 1.06. The van der Waals surface area contributed by atoms with Crippen LogP contribution in [0.4, 0.5) is 0 Å². The summed E-state index contributed by atoms with van der Waals surface area (Å²) in [5.41, 5.74) is 0.284. The van der Waals surface area contributed by atoms with Crippen LogP contribution in [0.5, 0.6) is 0 Å². The molecule has 1 fully saturated rings. The van der Waals surface area contributed by atoms with Gasteiger partial charge in [-0.1, -0.05) is 0 Å². The Morgan fingerprint density at radius 3 is 3.07 bits per heavy atom. The summed E-state index contributed by atoms with van der Waals surface area (Å²) in [6.45, 7) is 5.46. The van der Waals surface area contributed by atoms with Crippen LogP contribution in [0.3, 0.4) is 0 Å². The lowest BCUT2D eigenvalue weighted by molar-refractivity contribution is 0.271. The first-order valence-electron chi connectivity index (χ1n) is 5.15. The predicted octanol–water partition coefficient (Wildman–Crippen LogP) is 1.46. The quantitative estimate of drug-likeness (QED) is 0.789. The average molecular weight is 194 g/mol. The molecule has 14 heavy (non-hydrogen) atoms. The van der Waals surface area contributed by atoms with Gasteiger partial charge < -0.3 is 9.73 Å². The number of likely N-dealkylation sites (N-methyl/N-ethyl adjacent to an activating group) is 1. The van der Waals surface area contributed by atoms with Crippen molar-refractivity contribution in [1.29, 1.82) is 0 Å². The minimum Gasteiger partial charge on any atom is -0.468 e. The molecule has 1 aliphatic rings. The van der Waals surface area contributed by atoms with Crippen molar-refractivity contribution in [2.75, 3.05) is 20.1 Å². The van der Waals surface area contributed by atoms with Crippen LogP contribution in [0.2, 0.25) is 0 Å². The van der Waals surface area contributed by atoms with E-state index in [4.69, 9.17) is 4.42 Å². The lowest BCUT2D eigenvalue weighted by atomic mass is 10.0. The molecule has 0 saturated carbocycles. The Hall–Kier alpha value is -0.800. The molecule has 1 aromatic heterocycles. The largest absolute Gasteiger partial charge is 0.468 e. The van der Waals surface area contributed by atoms with Gasteiger partial charge in [0.1, 0.15) is 5.76 Å². The molecule has 0 amide bonds. The number of rotatable bonds is 3. The summed E-state index contributed by atoms with van der Waals surface area (Å²) in [7, 11) is 2.04. The fourth-order valence-corrected chi connectivity index (χ4v) is 2.02. The standard InChI is InChI=1S/C11H18N2O/c1-11(12-2)5-6-13(9-11)8-10-4-3-7-14-10/h3-4,7,12H,5-6,8-9H2,1-2H3. The SMILES string of the molecule is CNC1(C)CCN(Cc2ccco2)C1. The Morgan fingerprint density at radius 2 is 2.50 bits per heavy atom. The second-order valence-corrected chi connectivity index (χ2v) is 4.35. The Balaban J connectivity index is 1.90. The molecule has 0 aromatic carbocycles. The number of furan rings is 1. The molecule has 0 spiro atoms. The minimum absolute atomic E-state index is 0.284. The smallest absolute Gasteiger partial charge is 0.117 e. The highest BCUT2D eigenvalue weighted by atomic mass is 16.3. The summed E-state index contributed by atoms with van der Waals surface area (Å²) >= 11 is 0. The minimum atomic E-state index is 0.284. The van der Waals surface area contributed by atoms with E-state index < -0.39 is 0 Å². The molecule has 2 rings (SSSR count). The van der Waals surface area contributed by atoms with Gasteiger partial charge in [0.15, 0.2) is 0 Å². The van der Waals surface area contributed by atoms with Crippen molar-refractivity contribution < 1.29 is 4.42 Å². The number of likely N-dealkylation sites (tertiary alicyclic amines) is 1. The van der Waals surface area contributed by atoms with E-state index in [2.05, 4.69) is 17.1 Å². The molecule has 3 heteroatoms. The highest BCUT2D eigenvalue weighted by Gasteiger charge is 2.32. The van der Waals surface area contributed by atoms with E-state index in [-0.39, 0.29) is 5.54 Å². The van der Waals surface area contributed by atoms with Crippen LogP contribution >= 0.6 is 0 Å². The molecule has 3 nitrogen and oxygen atoms in total. The van der Waals surface area contributed by atoms with E-state index >= 15 is 0 Å². The maximum absolute atomic E-state index is 5.34. The topological polar surface area (TPSA) is 28.4 Å². The van der Waals surface area contributed by atoms with Crippen molar-refractivity contribution in [3.63, 3.8) is 0 Å². The van der Waals surface area contributed by atoms with E-state index in [1.54, 1.807) is 6.26 Å². The lowest BCUT2D eigenvalue weighted by Gasteiger charge is -2.23. The zero-order valence-corrected chi connectivity index (χ0v) is 8.92. The highest BCUT2D eigenvalue weighted by Crippen LogP contribution is 2.21. The van der Waals surface area contributed by atoms with E-state index in [0.29, 0.717) is 0 Å². The van der Waals surface area contributed by atoms with Crippen LogP contribution < -0.4 is 5.32 Å². The predicted molar refractivity (Wildman–Crippen MR) is 56.1 cm³/mol. The monoisotopic (exact) mass is 194 g/mol. The van der Waals surface area contributed by atoms with E-state index in [0.717, 1.165) is 25.4 Å². The van der Waals surface area contributed by atoms with E-state index in [1.165, 1.54) is 6.42 Å². The van der Waals surface area contributed by atoms with Crippen molar-refractivity contribution in [3.05, 3.63) is 24.2 Å². The first-order valence-corrected chi connectivity index (χ1v) is 5.15. The molecule has 2 heterocycles. The first-order chi connectivity index (χ1) is 6.72. The van der Waals surface area contributed by atoms with Crippen molar-refractivity contribution in [1.82, 2.24) is 10.2 Å². The molecule has 1 atom stereocenters. The normalized spacial score (nSPS) is 28.4. The van der Waals surface area contributed by atoms with E-state index in [9.17, 15) is 0 Å². The zero-order valence-electron chi connectivity index (χ0n) is 8.92. The Bertz CT molecular complexity index is 283. The third-order valence-electron chi connectivity index (χ3n) is 3.12. The Labute approximate surface area is 85.1 Å². The number of hydrogen-bond donors (Lipinski definition) is 1. The number of nitrogens with zero attached hydrogens (tertiary/aromatic N) is 1. The Kier molecular flexibility index (Phi) is 2.61. The van der Waals surface area contributed by atoms with Gasteiger partial charge in [-0.3, -0.25) is 4.90 Å². The molecule has 1 N–H and O–H groups in total. The Morgan fingerprint density at radius 1 is 1.64 bits per heavy atom. The summed E-state index contributed by atoms with van der Waals surface area (Å²) in [4.78, 5) is 2.43. The molecule has 78 valence electrons. The second-order valence-electron chi connectivity index (χ2n) is 4.35. The summed E-state index contributed by atoms with van der Waals surface area (Å²) in [5, 5.41) is 3.38. The van der Waals surface area contributed by atoms with Crippen molar-refractivity contribution in [3.8, 4) is 0 Å². The van der Waals surface area contributed by atoms with Crippen molar-refractivity contribution in [2.45, 2.75) is 25.4 Å². The fourth-order valence-electron chi connectivity index (χ4n) is 2.02. The summed E-state index contributed by atoms with van der Waals surface area (Å²) in [6.07, 6.45) is 2.95. The summed E-state index contributed by atoms with van der Waals surface area (Å²) < 4.78 is 5.34. The van der Waals surface area contributed by atoms with E-state index in [1.807, 2.05) is 19.2 Å². The van der Waals surface area contributed by atoms with Gasteiger partial charge in [-0.05, 0) is 32.5 Å². The van der Waals surface area contributed by atoms with Crippen molar-refractivity contribution in [2.24, 2.45) is 0 Å². The molecule has 0 bridgehead atoms. The van der Waals surface area contributed by atoms with Gasteiger partial charge >= 0.3 is 0 Å². The van der Waals surface area contributed by atoms with Crippen LogP contribution in [-0.2, 0) is 6.54 Å². The average Bonchev–Trinajstić information content (AvgIpc) is 2.78. The summed E-state index contributed by atoms with van der Waals surface area (Å²) in [6, 6.07) is 3.98. The number of nitrogens with one attached hydrogen (secondary N) is 1. The lowest BCUT2D eigenvalue weighted by Crippen LogP contribution is -2.42. The van der Waals surface area contributed by atoms with Gasteiger partial charge in [0.05, 0.1) is 12.8 Å². The molecule has 1 aromatic rings. The van der Waals surface area contributed by atoms with Gasteiger partial charge in [0.2, 0.25) is 0 Å². The van der Waals surface area contributed by atoms with Crippen LogP contribution in [-0.4, -0.2) is 30.6 Å². The molecule has 1 aliphatic heterocycles. The van der Waals surface area contributed by atoms with Gasteiger partial charge in [0.25, 0.3) is 0 Å². The van der Waals surface area contributed by atoms with Gasteiger partial charge in [0, 0.05) is 18.6 Å². The van der Waals surface area contributed by atoms with Gasteiger partial charge in [-0.15, -0.1) is 0 Å². The third kappa shape index (κ3) is 1.99. The maximum atomic E-state index is 5.34. The van der Waals surface area contributed by atoms with Crippen LogP contribution in [0.15, 0.2) is 22.8 Å². The zero-order chi connectivity index (χ0) is 10.0. The molecular weight excluding hydrogens is 176 g/mol. The molecule has 0 radical (unpaired) electrons. The second kappa shape index (κ2) is 3.75. The first kappa shape index (κ1) is 9.74. The number of hydrogen-bond acceptors (Lipinski definition) is 3. The maximum Gasteiger partial charge on any atom is 0.117 e. The van der Waals surface area contributed by atoms with Gasteiger partial charge in [-0.25, -0.2) is 0 Å². The fraction of sp³-hybridized carbons (Fsp3) is 0.636. The van der Waals surface area contributed by atoms with Crippen molar-refractivity contribution >= 4 is 0 Å². The van der Waals surface area contributed by atoms with Gasteiger partial charge in [-0.2, -0.15) is 0 Å². The van der Waals surface area contributed by atoms with Crippen LogP contribution in [0.1, 0.15) is 19.1 Å². The van der Waals surface area contributed by atoms with Crippen LogP contribution in [0, 0.1) is 0 Å². The molecule has 1 unspecified atom stereocenters. The molecule has 1 saturated heterocycles. The third-order valence-corrected chi connectivity index (χ3v) is 3.12. The highest BCUT2D eigenvalue weighted by molar-refractivity contribution is 5.00. The van der Waals surface area contributed by atoms with Crippen LogP contribution in [0.25, 0.3) is 0 Å².